The first-order valence-corrected chi connectivity index (χ1v) is 9.14. The smallest absolute Gasteiger partial charge is 0.191 e. The summed E-state index contributed by atoms with van der Waals surface area (Å²) in [5.74, 6) is -0.466. The second kappa shape index (κ2) is 8.44. The molecular weight excluding hydrogens is 329 g/mol. The van der Waals surface area contributed by atoms with Crippen LogP contribution < -0.4 is 10.6 Å². The van der Waals surface area contributed by atoms with E-state index in [0.29, 0.717) is 12.5 Å². The quantitative estimate of drug-likeness (QED) is 0.618. The van der Waals surface area contributed by atoms with E-state index < -0.39 is 15.7 Å². The fraction of sp³-hybridized carbons (Fsp3) is 0.235. The van der Waals surface area contributed by atoms with Gasteiger partial charge in [0.2, 0.25) is 0 Å². The van der Waals surface area contributed by atoms with Gasteiger partial charge in [0.1, 0.15) is 10.7 Å². The van der Waals surface area contributed by atoms with Crippen LogP contribution in [0.25, 0.3) is 0 Å². The Labute approximate surface area is 141 Å². The third-order valence-electron chi connectivity index (χ3n) is 3.36. The van der Waals surface area contributed by atoms with Gasteiger partial charge in [-0.3, -0.25) is 4.99 Å². The summed E-state index contributed by atoms with van der Waals surface area (Å²) in [6, 6.07) is 15.1. The summed E-state index contributed by atoms with van der Waals surface area (Å²) in [6.07, 6.45) is 0. The van der Waals surface area contributed by atoms with Crippen molar-refractivity contribution in [1.29, 1.82) is 0 Å². The number of halogens is 1. The van der Waals surface area contributed by atoms with Crippen LogP contribution in [-0.4, -0.2) is 33.7 Å². The van der Waals surface area contributed by atoms with E-state index in [-0.39, 0.29) is 17.2 Å². The number of guanidine groups is 1. The maximum Gasteiger partial charge on any atom is 0.191 e. The average Bonchev–Trinajstić information content (AvgIpc) is 2.59. The van der Waals surface area contributed by atoms with Crippen molar-refractivity contribution in [3.8, 4) is 0 Å². The third-order valence-corrected chi connectivity index (χ3v) is 5.10. The molecule has 0 spiro atoms. The first kappa shape index (κ1) is 17.9. The van der Waals surface area contributed by atoms with Gasteiger partial charge < -0.3 is 10.6 Å². The monoisotopic (exact) mass is 349 g/mol. The zero-order valence-electron chi connectivity index (χ0n) is 13.4. The van der Waals surface area contributed by atoms with Crippen LogP contribution in [0.15, 0.2) is 64.5 Å². The lowest BCUT2D eigenvalue weighted by Gasteiger charge is -2.12. The van der Waals surface area contributed by atoms with Crippen molar-refractivity contribution in [3.05, 3.63) is 66.0 Å². The Bertz CT molecular complexity index is 792. The van der Waals surface area contributed by atoms with Gasteiger partial charge in [-0.15, -0.1) is 0 Å². The number of nitrogens with zero attached hydrogens (tertiary/aromatic N) is 1. The van der Waals surface area contributed by atoms with Gasteiger partial charge in [0.05, 0.1) is 5.75 Å². The fourth-order valence-electron chi connectivity index (χ4n) is 2.11. The predicted molar refractivity (Wildman–Crippen MR) is 93.1 cm³/mol. The van der Waals surface area contributed by atoms with Gasteiger partial charge in [-0.25, -0.2) is 12.8 Å². The van der Waals surface area contributed by atoms with Crippen LogP contribution in [0.3, 0.4) is 0 Å². The van der Waals surface area contributed by atoms with Gasteiger partial charge in [-0.05, 0) is 17.7 Å². The maximum absolute atomic E-state index is 13.6. The molecule has 0 aliphatic heterocycles. The summed E-state index contributed by atoms with van der Waals surface area (Å²) in [7, 11) is -2.08. The lowest BCUT2D eigenvalue weighted by atomic mass is 10.2. The average molecular weight is 349 g/mol. The molecule has 0 unspecified atom stereocenters. The highest BCUT2D eigenvalue weighted by molar-refractivity contribution is 7.91. The molecule has 0 radical (unpaired) electrons. The summed E-state index contributed by atoms with van der Waals surface area (Å²) in [5.41, 5.74) is 1.08. The van der Waals surface area contributed by atoms with E-state index in [1.54, 1.807) is 7.05 Å². The molecule has 128 valence electrons. The second-order valence-corrected chi connectivity index (χ2v) is 7.17. The van der Waals surface area contributed by atoms with Gasteiger partial charge in [0, 0.05) is 20.1 Å². The van der Waals surface area contributed by atoms with Crippen LogP contribution in [0, 0.1) is 5.82 Å². The normalized spacial score (nSPS) is 12.0. The molecule has 0 aliphatic rings. The van der Waals surface area contributed by atoms with E-state index in [9.17, 15) is 12.8 Å². The van der Waals surface area contributed by atoms with Crippen LogP contribution >= 0.6 is 0 Å². The molecule has 0 amide bonds. The van der Waals surface area contributed by atoms with E-state index in [1.165, 1.54) is 18.2 Å². The molecule has 7 heteroatoms. The molecule has 0 aromatic heterocycles. The zero-order valence-corrected chi connectivity index (χ0v) is 14.2. The minimum absolute atomic E-state index is 0.130. The Morgan fingerprint density at radius 1 is 1.04 bits per heavy atom. The minimum atomic E-state index is -3.68. The van der Waals surface area contributed by atoms with E-state index in [1.807, 2.05) is 30.3 Å². The van der Waals surface area contributed by atoms with Gasteiger partial charge in [0.25, 0.3) is 0 Å². The Hall–Kier alpha value is -2.41. The molecule has 0 aliphatic carbocycles. The standard InChI is InChI=1S/C17H20FN3O2S/c1-19-17(21-13-14-7-3-2-4-8-14)20-11-12-24(22,23)16-10-6-5-9-15(16)18/h2-10H,11-13H2,1H3,(H2,19,20,21). The maximum atomic E-state index is 13.6. The molecule has 0 fully saturated rings. The number of aliphatic imine (C=N–C) groups is 1. The van der Waals surface area contributed by atoms with Crippen LogP contribution in [0.2, 0.25) is 0 Å². The van der Waals surface area contributed by atoms with Crippen molar-refractivity contribution < 1.29 is 12.8 Å². The molecule has 2 N–H and O–H groups in total. The largest absolute Gasteiger partial charge is 0.355 e. The predicted octanol–water partition coefficient (Wildman–Crippen LogP) is 1.96. The molecule has 0 saturated carbocycles. The Kier molecular flexibility index (Phi) is 6.31. The summed E-state index contributed by atoms with van der Waals surface area (Å²) in [4.78, 5) is 3.76. The number of nitrogens with one attached hydrogen (secondary N) is 2. The Morgan fingerprint density at radius 2 is 1.71 bits per heavy atom. The molecule has 0 heterocycles. The van der Waals surface area contributed by atoms with Crippen molar-refractivity contribution in [2.75, 3.05) is 19.3 Å². The first-order valence-electron chi connectivity index (χ1n) is 7.48. The molecule has 2 aromatic rings. The lowest BCUT2D eigenvalue weighted by Crippen LogP contribution is -2.39. The Morgan fingerprint density at radius 3 is 2.38 bits per heavy atom. The van der Waals surface area contributed by atoms with Gasteiger partial charge >= 0.3 is 0 Å². The highest BCUT2D eigenvalue weighted by Gasteiger charge is 2.18. The van der Waals surface area contributed by atoms with E-state index in [4.69, 9.17) is 0 Å². The lowest BCUT2D eigenvalue weighted by molar-refractivity contribution is 0.566. The fourth-order valence-corrected chi connectivity index (χ4v) is 3.35. The molecule has 0 saturated heterocycles. The molecule has 2 rings (SSSR count). The van der Waals surface area contributed by atoms with Crippen molar-refractivity contribution in [2.24, 2.45) is 4.99 Å². The summed E-state index contributed by atoms with van der Waals surface area (Å²) in [6.45, 7) is 0.700. The van der Waals surface area contributed by atoms with E-state index in [0.717, 1.165) is 11.6 Å². The van der Waals surface area contributed by atoms with E-state index in [2.05, 4.69) is 15.6 Å². The zero-order chi connectivity index (χ0) is 17.4. The molecular formula is C17H20FN3O2S. The number of hydrogen-bond acceptors (Lipinski definition) is 3. The number of hydrogen-bond donors (Lipinski definition) is 2. The number of rotatable bonds is 6. The molecule has 2 aromatic carbocycles. The van der Waals surface area contributed by atoms with Crippen molar-refractivity contribution in [2.45, 2.75) is 11.4 Å². The van der Waals surface area contributed by atoms with Gasteiger partial charge in [-0.2, -0.15) is 0 Å². The molecule has 5 nitrogen and oxygen atoms in total. The Balaban J connectivity index is 1.87. The first-order chi connectivity index (χ1) is 11.5. The highest BCUT2D eigenvalue weighted by atomic mass is 32.2. The van der Waals surface area contributed by atoms with Crippen molar-refractivity contribution >= 4 is 15.8 Å². The van der Waals surface area contributed by atoms with Crippen LogP contribution in [0.1, 0.15) is 5.56 Å². The number of sulfone groups is 1. The molecule has 24 heavy (non-hydrogen) atoms. The van der Waals surface area contributed by atoms with Crippen LogP contribution in [0.5, 0.6) is 0 Å². The minimum Gasteiger partial charge on any atom is -0.355 e. The molecule has 0 atom stereocenters. The van der Waals surface area contributed by atoms with Gasteiger partial charge in [0.15, 0.2) is 15.8 Å². The van der Waals surface area contributed by atoms with E-state index >= 15 is 0 Å². The number of benzene rings is 2. The van der Waals surface area contributed by atoms with Crippen LogP contribution in [0.4, 0.5) is 4.39 Å². The van der Waals surface area contributed by atoms with Crippen LogP contribution in [-0.2, 0) is 16.4 Å². The summed E-state index contributed by atoms with van der Waals surface area (Å²) >= 11 is 0. The summed E-state index contributed by atoms with van der Waals surface area (Å²) in [5, 5.41) is 6.02. The molecule has 0 bridgehead atoms. The van der Waals surface area contributed by atoms with Crippen molar-refractivity contribution in [3.63, 3.8) is 0 Å². The highest BCUT2D eigenvalue weighted by Crippen LogP contribution is 2.14. The third kappa shape index (κ3) is 5.06. The summed E-state index contributed by atoms with van der Waals surface area (Å²) < 4.78 is 37.9. The topological polar surface area (TPSA) is 70.6 Å². The SMILES string of the molecule is CN=C(NCCS(=O)(=O)c1ccccc1F)NCc1ccccc1. The second-order valence-electron chi connectivity index (χ2n) is 5.09. The van der Waals surface area contributed by atoms with Crippen molar-refractivity contribution in [1.82, 2.24) is 10.6 Å². The van der Waals surface area contributed by atoms with Gasteiger partial charge in [-0.1, -0.05) is 42.5 Å².